The molecule has 1 N–H and O–H groups in total. The van der Waals surface area contributed by atoms with Crippen LogP contribution in [0.5, 0.6) is 0 Å². The van der Waals surface area contributed by atoms with E-state index in [0.29, 0.717) is 11.5 Å². The lowest BCUT2D eigenvalue weighted by atomic mass is 9.97. The maximum Gasteiger partial charge on any atom is 0.274 e. The largest absolute Gasteiger partial charge is 0.385 e. The molecule has 1 saturated heterocycles. The Morgan fingerprint density at radius 1 is 1.42 bits per heavy atom. The Balaban J connectivity index is 1.92. The first-order valence-corrected chi connectivity index (χ1v) is 6.73. The Labute approximate surface area is 113 Å². The lowest BCUT2D eigenvalue weighted by Gasteiger charge is -2.29. The number of aryl methyl sites for hydroxylation is 1. The van der Waals surface area contributed by atoms with Crippen molar-refractivity contribution in [3.8, 4) is 0 Å². The standard InChI is InChI=1S/C14H21N3O2/c1-11-3-4-13(9-14(11)17(18)19)15-10-12-5-7-16(2)8-6-12/h3-4,9,12,15H,5-8,10H2,1-2H3. The topological polar surface area (TPSA) is 58.4 Å². The van der Waals surface area contributed by atoms with Gasteiger partial charge in [0.25, 0.3) is 5.69 Å². The summed E-state index contributed by atoms with van der Waals surface area (Å²) < 4.78 is 0. The Morgan fingerprint density at radius 2 is 2.11 bits per heavy atom. The molecular formula is C14H21N3O2. The fourth-order valence-corrected chi connectivity index (χ4v) is 2.44. The van der Waals surface area contributed by atoms with Gasteiger partial charge in [0.15, 0.2) is 0 Å². The van der Waals surface area contributed by atoms with E-state index in [0.717, 1.165) is 25.3 Å². The predicted molar refractivity (Wildman–Crippen MR) is 76.5 cm³/mol. The van der Waals surface area contributed by atoms with Crippen molar-refractivity contribution >= 4 is 11.4 Å². The van der Waals surface area contributed by atoms with Crippen LogP contribution >= 0.6 is 0 Å². The molecule has 5 heteroatoms. The van der Waals surface area contributed by atoms with E-state index in [1.165, 1.54) is 12.8 Å². The van der Waals surface area contributed by atoms with Gasteiger partial charge in [-0.15, -0.1) is 0 Å². The van der Waals surface area contributed by atoms with Crippen LogP contribution < -0.4 is 5.32 Å². The highest BCUT2D eigenvalue weighted by Crippen LogP contribution is 2.23. The van der Waals surface area contributed by atoms with E-state index in [1.54, 1.807) is 19.1 Å². The first-order valence-electron chi connectivity index (χ1n) is 6.73. The number of likely N-dealkylation sites (tertiary alicyclic amines) is 1. The van der Waals surface area contributed by atoms with Crippen molar-refractivity contribution < 1.29 is 4.92 Å². The van der Waals surface area contributed by atoms with Gasteiger partial charge in [-0.25, -0.2) is 0 Å². The molecule has 1 aliphatic heterocycles. The quantitative estimate of drug-likeness (QED) is 0.670. The summed E-state index contributed by atoms with van der Waals surface area (Å²) in [6, 6.07) is 5.34. The molecule has 0 atom stereocenters. The molecule has 104 valence electrons. The highest BCUT2D eigenvalue weighted by molar-refractivity contribution is 5.54. The third kappa shape index (κ3) is 3.67. The van der Waals surface area contributed by atoms with Gasteiger partial charge >= 0.3 is 0 Å². The van der Waals surface area contributed by atoms with Crippen LogP contribution in [0.3, 0.4) is 0 Å². The fourth-order valence-electron chi connectivity index (χ4n) is 2.44. The maximum absolute atomic E-state index is 10.9. The second-order valence-corrected chi connectivity index (χ2v) is 5.39. The minimum Gasteiger partial charge on any atom is -0.385 e. The summed E-state index contributed by atoms with van der Waals surface area (Å²) in [4.78, 5) is 12.9. The Morgan fingerprint density at radius 3 is 2.74 bits per heavy atom. The lowest BCUT2D eigenvalue weighted by Crippen LogP contribution is -2.32. The first kappa shape index (κ1) is 13.8. The molecule has 2 rings (SSSR count). The van der Waals surface area contributed by atoms with Gasteiger partial charge < -0.3 is 10.2 Å². The minimum atomic E-state index is -0.323. The highest BCUT2D eigenvalue weighted by atomic mass is 16.6. The Kier molecular flexibility index (Phi) is 4.37. The maximum atomic E-state index is 10.9. The van der Waals surface area contributed by atoms with Gasteiger partial charge in [-0.2, -0.15) is 0 Å². The number of nitrogens with one attached hydrogen (secondary N) is 1. The van der Waals surface area contributed by atoms with Crippen molar-refractivity contribution in [3.63, 3.8) is 0 Å². The monoisotopic (exact) mass is 263 g/mol. The van der Waals surface area contributed by atoms with Gasteiger partial charge in [0.2, 0.25) is 0 Å². The molecule has 0 spiro atoms. The molecule has 1 fully saturated rings. The molecule has 1 aromatic carbocycles. The second kappa shape index (κ2) is 6.02. The van der Waals surface area contributed by atoms with Crippen molar-refractivity contribution in [3.05, 3.63) is 33.9 Å². The smallest absolute Gasteiger partial charge is 0.274 e. The van der Waals surface area contributed by atoms with Crippen LogP contribution in [0.25, 0.3) is 0 Å². The number of hydrogen-bond acceptors (Lipinski definition) is 4. The summed E-state index contributed by atoms with van der Waals surface area (Å²) >= 11 is 0. The SMILES string of the molecule is Cc1ccc(NCC2CCN(C)CC2)cc1[N+](=O)[O-]. The highest BCUT2D eigenvalue weighted by Gasteiger charge is 2.17. The molecule has 19 heavy (non-hydrogen) atoms. The van der Waals surface area contributed by atoms with Gasteiger partial charge in [-0.3, -0.25) is 10.1 Å². The molecule has 0 unspecified atom stereocenters. The molecular weight excluding hydrogens is 242 g/mol. The number of piperidine rings is 1. The van der Waals surface area contributed by atoms with Crippen molar-refractivity contribution in [1.29, 1.82) is 0 Å². The zero-order valence-electron chi connectivity index (χ0n) is 11.6. The summed E-state index contributed by atoms with van der Waals surface area (Å²) in [5, 5.41) is 14.2. The number of hydrogen-bond donors (Lipinski definition) is 1. The van der Waals surface area contributed by atoms with Crippen LogP contribution in [0, 0.1) is 23.0 Å². The van der Waals surface area contributed by atoms with E-state index in [9.17, 15) is 10.1 Å². The fraction of sp³-hybridized carbons (Fsp3) is 0.571. The molecule has 1 aliphatic rings. The molecule has 0 bridgehead atoms. The van der Waals surface area contributed by atoms with Crippen molar-refractivity contribution in [2.75, 3.05) is 32.0 Å². The summed E-state index contributed by atoms with van der Waals surface area (Å²) in [6.45, 7) is 4.94. The Hall–Kier alpha value is -1.62. The van der Waals surface area contributed by atoms with Crippen molar-refractivity contribution in [1.82, 2.24) is 4.90 Å². The molecule has 0 saturated carbocycles. The van der Waals surface area contributed by atoms with Crippen LogP contribution in [-0.2, 0) is 0 Å². The molecule has 0 aliphatic carbocycles. The molecule has 5 nitrogen and oxygen atoms in total. The second-order valence-electron chi connectivity index (χ2n) is 5.39. The molecule has 1 aromatic rings. The van der Waals surface area contributed by atoms with E-state index in [4.69, 9.17) is 0 Å². The number of nitro benzene ring substituents is 1. The lowest BCUT2D eigenvalue weighted by molar-refractivity contribution is -0.385. The van der Waals surface area contributed by atoms with Crippen molar-refractivity contribution in [2.45, 2.75) is 19.8 Å². The average molecular weight is 263 g/mol. The summed E-state index contributed by atoms with van der Waals surface area (Å²) in [5.74, 6) is 0.663. The van der Waals surface area contributed by atoms with E-state index >= 15 is 0 Å². The van der Waals surface area contributed by atoms with Gasteiger partial charge in [-0.1, -0.05) is 6.07 Å². The van der Waals surface area contributed by atoms with Crippen molar-refractivity contribution in [2.24, 2.45) is 5.92 Å². The van der Waals surface area contributed by atoms with Crippen LogP contribution in [-0.4, -0.2) is 36.5 Å². The summed E-state index contributed by atoms with van der Waals surface area (Å²) in [6.07, 6.45) is 2.38. The summed E-state index contributed by atoms with van der Waals surface area (Å²) in [5.41, 5.74) is 1.74. The zero-order valence-corrected chi connectivity index (χ0v) is 11.6. The van der Waals surface area contributed by atoms with E-state index < -0.39 is 0 Å². The molecule has 0 radical (unpaired) electrons. The molecule has 0 aromatic heterocycles. The molecule has 1 heterocycles. The number of rotatable bonds is 4. The Bertz CT molecular complexity index is 454. The average Bonchev–Trinajstić information content (AvgIpc) is 2.39. The number of benzene rings is 1. The van der Waals surface area contributed by atoms with Crippen LogP contribution in [0.15, 0.2) is 18.2 Å². The molecule has 0 amide bonds. The zero-order chi connectivity index (χ0) is 13.8. The number of nitrogens with zero attached hydrogens (tertiary/aromatic N) is 2. The van der Waals surface area contributed by atoms with Gasteiger partial charge in [0.05, 0.1) is 4.92 Å². The van der Waals surface area contributed by atoms with Crippen LogP contribution in [0.1, 0.15) is 18.4 Å². The van der Waals surface area contributed by atoms with E-state index in [1.807, 2.05) is 6.07 Å². The normalized spacial score (nSPS) is 17.4. The van der Waals surface area contributed by atoms with Crippen LogP contribution in [0.4, 0.5) is 11.4 Å². The number of anilines is 1. The summed E-state index contributed by atoms with van der Waals surface area (Å²) in [7, 11) is 2.15. The first-order chi connectivity index (χ1) is 9.06. The van der Waals surface area contributed by atoms with Gasteiger partial charge in [0.1, 0.15) is 0 Å². The number of nitro groups is 1. The minimum absolute atomic E-state index is 0.188. The third-order valence-corrected chi connectivity index (χ3v) is 3.84. The third-order valence-electron chi connectivity index (χ3n) is 3.84. The van der Waals surface area contributed by atoms with Gasteiger partial charge in [-0.05, 0) is 51.9 Å². The van der Waals surface area contributed by atoms with Crippen LogP contribution in [0.2, 0.25) is 0 Å². The van der Waals surface area contributed by atoms with E-state index in [2.05, 4.69) is 17.3 Å². The predicted octanol–water partition coefficient (Wildman–Crippen LogP) is 2.66. The van der Waals surface area contributed by atoms with Gasteiger partial charge in [0, 0.05) is 23.9 Å². The van der Waals surface area contributed by atoms with E-state index in [-0.39, 0.29) is 10.6 Å².